The lowest BCUT2D eigenvalue weighted by molar-refractivity contribution is 0.0645. The molecule has 0 bridgehead atoms. The number of likely N-dealkylation sites (N-methyl/N-ethyl adjacent to an activating group) is 1. The third kappa shape index (κ3) is 3.37. The molecule has 26 heavy (non-hydrogen) atoms. The van der Waals surface area contributed by atoms with E-state index in [4.69, 9.17) is 0 Å². The zero-order valence-electron chi connectivity index (χ0n) is 15.7. The fourth-order valence-electron chi connectivity index (χ4n) is 4.36. The molecule has 1 aromatic heterocycles. The Bertz CT molecular complexity index is 684. The number of nitrogens with one attached hydrogen (secondary N) is 1. The molecule has 0 atom stereocenters. The fraction of sp³-hybridized carbons (Fsp3) is 0.737. The van der Waals surface area contributed by atoms with E-state index in [2.05, 4.69) is 22.2 Å². The molecule has 0 spiro atoms. The first-order valence-electron chi connectivity index (χ1n) is 10.0. The second kappa shape index (κ2) is 7.39. The number of hydrogen-bond acceptors (Lipinski definition) is 4. The molecule has 142 valence electrons. The van der Waals surface area contributed by atoms with Crippen LogP contribution in [0, 0.1) is 0 Å². The van der Waals surface area contributed by atoms with Gasteiger partial charge >= 0.3 is 0 Å². The Morgan fingerprint density at radius 3 is 2.46 bits per heavy atom. The molecule has 0 aromatic carbocycles. The maximum atomic E-state index is 13.1. The van der Waals surface area contributed by atoms with Crippen LogP contribution in [0.4, 0.5) is 0 Å². The summed E-state index contributed by atoms with van der Waals surface area (Å²) in [6.45, 7) is 4.00. The molecule has 2 aliphatic heterocycles. The Kier molecular flexibility index (Phi) is 4.98. The van der Waals surface area contributed by atoms with Crippen LogP contribution in [0.25, 0.3) is 0 Å². The van der Waals surface area contributed by atoms with Gasteiger partial charge in [-0.1, -0.05) is 12.8 Å². The van der Waals surface area contributed by atoms with Crippen LogP contribution in [0.2, 0.25) is 0 Å². The molecule has 4 rings (SSSR count). The summed E-state index contributed by atoms with van der Waals surface area (Å²) < 4.78 is 2.01. The first-order valence-corrected chi connectivity index (χ1v) is 10.0. The van der Waals surface area contributed by atoms with Gasteiger partial charge in [-0.2, -0.15) is 0 Å². The second-order valence-corrected chi connectivity index (χ2v) is 7.89. The Labute approximate surface area is 154 Å². The van der Waals surface area contributed by atoms with Crippen molar-refractivity contribution in [3.63, 3.8) is 0 Å². The summed E-state index contributed by atoms with van der Waals surface area (Å²) in [5, 5.41) is 3.14. The lowest BCUT2D eigenvalue weighted by Crippen LogP contribution is -2.47. The standard InChI is InChI=1S/C19H29N5O2/c1-22-10-12-23(13-11-22)19(26)17-21-16(15-8-4-5-9-24(15)17)18(25)20-14-6-2-3-7-14/h14H,2-13H2,1H3,(H,20,25). The van der Waals surface area contributed by atoms with E-state index in [9.17, 15) is 9.59 Å². The third-order valence-corrected chi connectivity index (χ3v) is 6.01. The van der Waals surface area contributed by atoms with Gasteiger partial charge in [0.25, 0.3) is 11.8 Å². The molecule has 1 aromatic rings. The molecule has 3 heterocycles. The quantitative estimate of drug-likeness (QED) is 0.883. The summed E-state index contributed by atoms with van der Waals surface area (Å²) in [6.07, 6.45) is 7.38. The predicted molar refractivity (Wildman–Crippen MR) is 98.3 cm³/mol. The molecule has 2 fully saturated rings. The monoisotopic (exact) mass is 359 g/mol. The number of carbonyl (C=O) groups excluding carboxylic acids is 2. The summed E-state index contributed by atoms with van der Waals surface area (Å²) in [5.41, 5.74) is 1.43. The topological polar surface area (TPSA) is 70.5 Å². The van der Waals surface area contributed by atoms with Gasteiger partial charge in [0.2, 0.25) is 0 Å². The number of piperazine rings is 1. The molecule has 0 unspecified atom stereocenters. The van der Waals surface area contributed by atoms with Crippen LogP contribution in [0.1, 0.15) is 65.3 Å². The van der Waals surface area contributed by atoms with Gasteiger partial charge in [0.1, 0.15) is 5.69 Å². The van der Waals surface area contributed by atoms with Gasteiger partial charge in [-0.15, -0.1) is 0 Å². The number of rotatable bonds is 3. The zero-order valence-corrected chi connectivity index (χ0v) is 15.7. The van der Waals surface area contributed by atoms with Gasteiger partial charge in [-0.05, 0) is 39.2 Å². The van der Waals surface area contributed by atoms with Crippen molar-refractivity contribution in [1.29, 1.82) is 0 Å². The zero-order chi connectivity index (χ0) is 18.1. The summed E-state index contributed by atoms with van der Waals surface area (Å²) in [7, 11) is 2.07. The smallest absolute Gasteiger partial charge is 0.289 e. The van der Waals surface area contributed by atoms with E-state index >= 15 is 0 Å². The van der Waals surface area contributed by atoms with E-state index in [1.165, 1.54) is 12.8 Å². The number of imidazole rings is 1. The van der Waals surface area contributed by atoms with E-state index in [0.29, 0.717) is 11.5 Å². The molecular formula is C19H29N5O2. The maximum Gasteiger partial charge on any atom is 0.289 e. The van der Waals surface area contributed by atoms with Crippen molar-refractivity contribution < 1.29 is 9.59 Å². The molecule has 1 N–H and O–H groups in total. The first kappa shape index (κ1) is 17.5. The molecule has 7 heteroatoms. The van der Waals surface area contributed by atoms with Gasteiger partial charge in [0, 0.05) is 38.8 Å². The Morgan fingerprint density at radius 1 is 1.00 bits per heavy atom. The van der Waals surface area contributed by atoms with Crippen LogP contribution in [-0.4, -0.2) is 70.4 Å². The van der Waals surface area contributed by atoms with Gasteiger partial charge in [0.05, 0.1) is 5.69 Å². The van der Waals surface area contributed by atoms with Crippen LogP contribution in [0.3, 0.4) is 0 Å². The van der Waals surface area contributed by atoms with Gasteiger partial charge < -0.3 is 19.7 Å². The molecule has 7 nitrogen and oxygen atoms in total. The number of hydrogen-bond donors (Lipinski definition) is 1. The Balaban J connectivity index is 1.57. The number of amides is 2. The highest BCUT2D eigenvalue weighted by Crippen LogP contribution is 2.24. The van der Waals surface area contributed by atoms with Crippen molar-refractivity contribution in [1.82, 2.24) is 24.7 Å². The minimum absolute atomic E-state index is 0.0267. The molecule has 2 amide bonds. The van der Waals surface area contributed by atoms with Crippen molar-refractivity contribution in [3.8, 4) is 0 Å². The number of aromatic nitrogens is 2. The molecular weight excluding hydrogens is 330 g/mol. The van der Waals surface area contributed by atoms with Crippen LogP contribution in [0.15, 0.2) is 0 Å². The third-order valence-electron chi connectivity index (χ3n) is 6.01. The maximum absolute atomic E-state index is 13.1. The van der Waals surface area contributed by atoms with Crippen LogP contribution in [0.5, 0.6) is 0 Å². The highest BCUT2D eigenvalue weighted by molar-refractivity contribution is 5.97. The van der Waals surface area contributed by atoms with Gasteiger partial charge in [-0.25, -0.2) is 4.98 Å². The molecule has 1 saturated carbocycles. The molecule has 1 saturated heterocycles. The summed E-state index contributed by atoms with van der Waals surface area (Å²) in [4.78, 5) is 34.5. The first-order chi connectivity index (χ1) is 12.6. The Morgan fingerprint density at radius 2 is 1.73 bits per heavy atom. The molecule has 1 aliphatic carbocycles. The minimum Gasteiger partial charge on any atom is -0.348 e. The van der Waals surface area contributed by atoms with E-state index in [0.717, 1.165) is 70.5 Å². The Hall–Kier alpha value is -1.89. The van der Waals surface area contributed by atoms with Gasteiger partial charge in [0.15, 0.2) is 5.82 Å². The minimum atomic E-state index is -0.0972. The second-order valence-electron chi connectivity index (χ2n) is 7.89. The lowest BCUT2D eigenvalue weighted by Gasteiger charge is -2.32. The normalized spacial score (nSPS) is 21.7. The van der Waals surface area contributed by atoms with Crippen LogP contribution in [-0.2, 0) is 13.0 Å². The largest absolute Gasteiger partial charge is 0.348 e. The SMILES string of the molecule is CN1CCN(C(=O)c2nc(C(=O)NC3CCCC3)c3n2CCCC3)CC1. The van der Waals surface area contributed by atoms with Crippen molar-refractivity contribution in [2.24, 2.45) is 0 Å². The number of nitrogens with zero attached hydrogens (tertiary/aromatic N) is 4. The van der Waals surface area contributed by atoms with Crippen molar-refractivity contribution in [2.45, 2.75) is 57.5 Å². The predicted octanol–water partition coefficient (Wildman–Crippen LogP) is 1.28. The van der Waals surface area contributed by atoms with E-state index < -0.39 is 0 Å². The average molecular weight is 359 g/mol. The van der Waals surface area contributed by atoms with Crippen molar-refractivity contribution in [2.75, 3.05) is 33.2 Å². The molecule has 3 aliphatic rings. The van der Waals surface area contributed by atoms with E-state index in [1.807, 2.05) is 9.47 Å². The summed E-state index contributed by atoms with van der Waals surface area (Å²) in [5.74, 6) is 0.335. The average Bonchev–Trinajstić information content (AvgIpc) is 3.29. The number of carbonyl (C=O) groups is 2. The van der Waals surface area contributed by atoms with Gasteiger partial charge in [-0.3, -0.25) is 9.59 Å². The van der Waals surface area contributed by atoms with E-state index in [1.54, 1.807) is 0 Å². The highest BCUT2D eigenvalue weighted by atomic mass is 16.2. The number of fused-ring (bicyclic) bond motifs is 1. The van der Waals surface area contributed by atoms with Crippen LogP contribution < -0.4 is 5.32 Å². The fourth-order valence-corrected chi connectivity index (χ4v) is 4.36. The summed E-state index contributed by atoms with van der Waals surface area (Å²) >= 11 is 0. The lowest BCUT2D eigenvalue weighted by atomic mass is 10.1. The van der Waals surface area contributed by atoms with Crippen molar-refractivity contribution >= 4 is 11.8 Å². The van der Waals surface area contributed by atoms with E-state index in [-0.39, 0.29) is 17.9 Å². The van der Waals surface area contributed by atoms with Crippen LogP contribution >= 0.6 is 0 Å². The summed E-state index contributed by atoms with van der Waals surface area (Å²) in [6, 6.07) is 0.264. The van der Waals surface area contributed by atoms with Crippen molar-refractivity contribution in [3.05, 3.63) is 17.2 Å². The highest BCUT2D eigenvalue weighted by Gasteiger charge is 2.31. The molecule has 0 radical (unpaired) electrons.